The van der Waals surface area contributed by atoms with Gasteiger partial charge in [-0.25, -0.2) is 4.98 Å². The highest BCUT2D eigenvalue weighted by Crippen LogP contribution is 2.38. The Kier molecular flexibility index (Phi) is 9.23. The maximum Gasteiger partial charge on any atom is 0.287 e. The summed E-state index contributed by atoms with van der Waals surface area (Å²) < 4.78 is 17.5. The highest BCUT2D eigenvalue weighted by molar-refractivity contribution is 5.91. The fourth-order valence-corrected chi connectivity index (χ4v) is 4.50. The Balaban J connectivity index is 1.53. The molecule has 3 aromatic rings. The fraction of sp³-hybridized carbons (Fsp3) is 0.370. The van der Waals surface area contributed by atoms with E-state index in [1.807, 2.05) is 6.92 Å². The van der Waals surface area contributed by atoms with Crippen molar-refractivity contribution in [3.8, 4) is 0 Å². The quantitative estimate of drug-likeness (QED) is 0.177. The average molecular weight is 539 g/mol. The molecular weight excluding hydrogens is 508 g/mol. The number of rotatable bonds is 12. The van der Waals surface area contributed by atoms with Gasteiger partial charge in [-0.05, 0) is 44.0 Å². The SMILES string of the molecule is CCO[C@H]1OC(C(=O)NCCNc2ccc([N+](=O)[O-])cn2)=C[C@@H](c2coc3ccccc3c2=O)[C@@H]1CCCO. The van der Waals surface area contributed by atoms with Crippen LogP contribution in [0.5, 0.6) is 0 Å². The van der Waals surface area contributed by atoms with Crippen molar-refractivity contribution in [1.82, 2.24) is 10.3 Å². The van der Waals surface area contributed by atoms with E-state index in [4.69, 9.17) is 13.9 Å². The summed E-state index contributed by atoms with van der Waals surface area (Å²) >= 11 is 0. The molecule has 1 aromatic carbocycles. The molecule has 1 aliphatic rings. The Morgan fingerprint density at radius 1 is 1.23 bits per heavy atom. The van der Waals surface area contributed by atoms with Crippen LogP contribution in [0.3, 0.4) is 0 Å². The number of carbonyl (C=O) groups excluding carboxylic acids is 1. The number of para-hydroxylation sites is 1. The Morgan fingerprint density at radius 2 is 2.05 bits per heavy atom. The summed E-state index contributed by atoms with van der Waals surface area (Å²) in [6, 6.07) is 9.76. The largest absolute Gasteiger partial charge is 0.464 e. The molecule has 4 rings (SSSR count). The molecule has 0 fully saturated rings. The number of nitrogens with one attached hydrogen (secondary N) is 2. The van der Waals surface area contributed by atoms with E-state index in [9.17, 15) is 24.8 Å². The van der Waals surface area contributed by atoms with Crippen LogP contribution in [0.15, 0.2) is 69.9 Å². The second kappa shape index (κ2) is 13.0. The van der Waals surface area contributed by atoms with E-state index in [0.29, 0.717) is 48.3 Å². The topological polar surface area (TPSA) is 166 Å². The van der Waals surface area contributed by atoms with Crippen molar-refractivity contribution in [2.24, 2.45) is 5.92 Å². The minimum Gasteiger partial charge on any atom is -0.464 e. The van der Waals surface area contributed by atoms with Gasteiger partial charge < -0.3 is 29.6 Å². The Morgan fingerprint density at radius 3 is 2.77 bits per heavy atom. The van der Waals surface area contributed by atoms with Crippen molar-refractivity contribution in [3.05, 3.63) is 86.6 Å². The van der Waals surface area contributed by atoms with Gasteiger partial charge in [-0.2, -0.15) is 0 Å². The van der Waals surface area contributed by atoms with Crippen LogP contribution in [-0.4, -0.2) is 53.5 Å². The van der Waals surface area contributed by atoms with Crippen molar-refractivity contribution in [2.75, 3.05) is 31.6 Å². The smallest absolute Gasteiger partial charge is 0.287 e. The second-order valence-corrected chi connectivity index (χ2v) is 8.89. The number of ether oxygens (including phenoxy) is 2. The van der Waals surface area contributed by atoms with Crippen LogP contribution in [0.1, 0.15) is 31.2 Å². The summed E-state index contributed by atoms with van der Waals surface area (Å²) in [5.74, 6) is -0.943. The summed E-state index contributed by atoms with van der Waals surface area (Å²) in [5, 5.41) is 26.4. The number of pyridine rings is 1. The van der Waals surface area contributed by atoms with E-state index in [2.05, 4.69) is 15.6 Å². The molecule has 0 spiro atoms. The van der Waals surface area contributed by atoms with Gasteiger partial charge in [0.1, 0.15) is 17.6 Å². The summed E-state index contributed by atoms with van der Waals surface area (Å²) in [6.45, 7) is 2.59. The number of hydrogen-bond acceptors (Lipinski definition) is 10. The molecule has 3 atom stereocenters. The lowest BCUT2D eigenvalue weighted by molar-refractivity contribution is -0.385. The lowest BCUT2D eigenvalue weighted by atomic mass is 9.81. The molecule has 1 aliphatic heterocycles. The lowest BCUT2D eigenvalue weighted by Gasteiger charge is -2.36. The average Bonchev–Trinajstić information content (AvgIpc) is 2.95. The molecule has 12 heteroatoms. The van der Waals surface area contributed by atoms with E-state index in [1.165, 1.54) is 18.4 Å². The van der Waals surface area contributed by atoms with Gasteiger partial charge in [-0.1, -0.05) is 12.1 Å². The second-order valence-electron chi connectivity index (χ2n) is 8.89. The molecular formula is C27H30N4O8. The van der Waals surface area contributed by atoms with Gasteiger partial charge in [0.25, 0.3) is 11.6 Å². The minimum atomic E-state index is -0.814. The zero-order chi connectivity index (χ0) is 27.8. The van der Waals surface area contributed by atoms with Gasteiger partial charge in [-0.3, -0.25) is 19.7 Å². The summed E-state index contributed by atoms with van der Waals surface area (Å²) in [6.07, 6.45) is 4.32. The number of carbonyl (C=O) groups is 1. The van der Waals surface area contributed by atoms with Crippen molar-refractivity contribution >= 4 is 28.4 Å². The van der Waals surface area contributed by atoms with Gasteiger partial charge in [0.2, 0.25) is 6.29 Å². The Hall–Kier alpha value is -4.29. The third kappa shape index (κ3) is 6.59. The normalized spacial score (nSPS) is 18.7. The van der Waals surface area contributed by atoms with E-state index in [0.717, 1.165) is 6.20 Å². The predicted molar refractivity (Wildman–Crippen MR) is 142 cm³/mol. The highest BCUT2D eigenvalue weighted by atomic mass is 16.7. The number of fused-ring (bicyclic) bond motifs is 1. The molecule has 0 unspecified atom stereocenters. The van der Waals surface area contributed by atoms with Crippen LogP contribution in [-0.2, 0) is 14.3 Å². The number of aromatic nitrogens is 1. The number of benzene rings is 1. The van der Waals surface area contributed by atoms with Crippen molar-refractivity contribution < 1.29 is 28.7 Å². The molecule has 0 bridgehead atoms. The van der Waals surface area contributed by atoms with Crippen molar-refractivity contribution in [1.29, 1.82) is 0 Å². The molecule has 0 saturated carbocycles. The number of aliphatic hydroxyl groups is 1. The van der Waals surface area contributed by atoms with E-state index < -0.39 is 23.0 Å². The first-order valence-corrected chi connectivity index (χ1v) is 12.7. The monoisotopic (exact) mass is 538 g/mol. The van der Waals surface area contributed by atoms with Crippen molar-refractivity contribution in [2.45, 2.75) is 32.0 Å². The van der Waals surface area contributed by atoms with Crippen LogP contribution < -0.4 is 16.1 Å². The standard InChI is InChI=1S/C27H30N4O8/c1-2-37-27-18(7-5-13-32)20(21-16-38-22-8-4-3-6-19(22)25(21)33)14-23(39-27)26(34)29-12-11-28-24-10-9-17(15-30-24)31(35)36/h3-4,6,8-10,14-16,18,20,27,32H,2,5,7,11-13H2,1H3,(H,28,30)(H,29,34)/t18-,20+,27-/m0/s1. The molecule has 206 valence electrons. The van der Waals surface area contributed by atoms with Crippen LogP contribution >= 0.6 is 0 Å². The summed E-state index contributed by atoms with van der Waals surface area (Å²) in [5.41, 5.74) is 0.513. The minimum absolute atomic E-state index is 0.0136. The number of amides is 1. The van der Waals surface area contributed by atoms with E-state index in [1.54, 1.807) is 30.3 Å². The Bertz CT molecular complexity index is 1390. The number of aliphatic hydroxyl groups excluding tert-OH is 1. The summed E-state index contributed by atoms with van der Waals surface area (Å²) in [4.78, 5) is 40.7. The number of allylic oxidation sites excluding steroid dienone is 1. The molecule has 1 amide bonds. The zero-order valence-corrected chi connectivity index (χ0v) is 21.4. The zero-order valence-electron chi connectivity index (χ0n) is 21.4. The number of hydrogen-bond donors (Lipinski definition) is 3. The number of nitro groups is 1. The van der Waals surface area contributed by atoms with Gasteiger partial charge in [0, 0.05) is 49.8 Å². The number of nitrogens with zero attached hydrogens (tertiary/aromatic N) is 2. The first-order chi connectivity index (χ1) is 18.9. The highest BCUT2D eigenvalue weighted by Gasteiger charge is 2.39. The van der Waals surface area contributed by atoms with Gasteiger partial charge >= 0.3 is 0 Å². The maximum absolute atomic E-state index is 13.4. The molecule has 39 heavy (non-hydrogen) atoms. The van der Waals surface area contributed by atoms with Crippen LogP contribution in [0.2, 0.25) is 0 Å². The molecule has 0 radical (unpaired) electrons. The molecule has 0 saturated heterocycles. The first-order valence-electron chi connectivity index (χ1n) is 12.7. The predicted octanol–water partition coefficient (Wildman–Crippen LogP) is 3.07. The van der Waals surface area contributed by atoms with Crippen LogP contribution in [0.4, 0.5) is 11.5 Å². The third-order valence-corrected chi connectivity index (χ3v) is 6.38. The lowest BCUT2D eigenvalue weighted by Crippen LogP contribution is -2.40. The molecule has 3 heterocycles. The molecule has 2 aromatic heterocycles. The third-order valence-electron chi connectivity index (χ3n) is 6.38. The van der Waals surface area contributed by atoms with Crippen LogP contribution in [0.25, 0.3) is 11.0 Å². The Labute approximate surface area is 223 Å². The van der Waals surface area contributed by atoms with Gasteiger partial charge in [0.15, 0.2) is 11.2 Å². The van der Waals surface area contributed by atoms with E-state index >= 15 is 0 Å². The summed E-state index contributed by atoms with van der Waals surface area (Å²) in [7, 11) is 0. The molecule has 12 nitrogen and oxygen atoms in total. The van der Waals surface area contributed by atoms with Gasteiger partial charge in [-0.15, -0.1) is 0 Å². The fourth-order valence-electron chi connectivity index (χ4n) is 4.50. The van der Waals surface area contributed by atoms with Crippen molar-refractivity contribution in [3.63, 3.8) is 0 Å². The van der Waals surface area contributed by atoms with Crippen LogP contribution in [0, 0.1) is 16.0 Å². The van der Waals surface area contributed by atoms with E-state index in [-0.39, 0.29) is 35.9 Å². The van der Waals surface area contributed by atoms with Gasteiger partial charge in [0.05, 0.1) is 16.6 Å². The number of anilines is 1. The first kappa shape index (κ1) is 27.7. The molecule has 3 N–H and O–H groups in total. The maximum atomic E-state index is 13.4. The molecule has 0 aliphatic carbocycles.